The molecule has 0 aromatic heterocycles. The van der Waals surface area contributed by atoms with Crippen LogP contribution in [0, 0.1) is 0 Å². The SMILES string of the molecule is CCNC(=O)C([O-])(c1ccccc1)c1ccccc1.[Li+]. The van der Waals surface area contributed by atoms with E-state index in [1.807, 2.05) is 12.1 Å². The Balaban J connectivity index is 0.00000200. The zero-order valence-electron chi connectivity index (χ0n) is 11.8. The molecule has 1 amide bonds. The number of benzene rings is 2. The summed E-state index contributed by atoms with van der Waals surface area (Å²) in [5.74, 6) is -0.521. The van der Waals surface area contributed by atoms with Crippen LogP contribution in [0.2, 0.25) is 0 Å². The van der Waals surface area contributed by atoms with E-state index >= 15 is 0 Å². The molecule has 3 nitrogen and oxygen atoms in total. The molecule has 0 saturated carbocycles. The summed E-state index contributed by atoms with van der Waals surface area (Å²) in [4.78, 5) is 12.2. The molecule has 0 aliphatic carbocycles. The van der Waals surface area contributed by atoms with Crippen LogP contribution in [-0.2, 0) is 10.4 Å². The summed E-state index contributed by atoms with van der Waals surface area (Å²) >= 11 is 0. The second-order valence-electron chi connectivity index (χ2n) is 4.27. The zero-order valence-corrected chi connectivity index (χ0v) is 11.8. The quantitative estimate of drug-likeness (QED) is 0.676. The van der Waals surface area contributed by atoms with Crippen molar-refractivity contribution in [3.05, 3.63) is 71.8 Å². The average molecular weight is 261 g/mol. The molecule has 0 radical (unpaired) electrons. The Kier molecular flexibility index (Phi) is 6.03. The van der Waals surface area contributed by atoms with Gasteiger partial charge in [0.15, 0.2) is 0 Å². The van der Waals surface area contributed by atoms with Crippen molar-refractivity contribution >= 4 is 5.91 Å². The maximum absolute atomic E-state index is 13.2. The van der Waals surface area contributed by atoms with Crippen molar-refractivity contribution in [1.29, 1.82) is 0 Å². The fourth-order valence-corrected chi connectivity index (χ4v) is 2.06. The third kappa shape index (κ3) is 3.13. The first-order valence-corrected chi connectivity index (χ1v) is 6.29. The van der Waals surface area contributed by atoms with Crippen LogP contribution in [-0.4, -0.2) is 12.5 Å². The summed E-state index contributed by atoms with van der Waals surface area (Å²) in [6.07, 6.45) is 0. The first-order chi connectivity index (χ1) is 9.19. The molecule has 0 fully saturated rings. The molecule has 0 spiro atoms. The second-order valence-corrected chi connectivity index (χ2v) is 4.27. The van der Waals surface area contributed by atoms with Gasteiger partial charge in [-0.05, 0) is 18.1 Å². The third-order valence-corrected chi connectivity index (χ3v) is 3.02. The molecule has 98 valence electrons. The molecule has 20 heavy (non-hydrogen) atoms. The number of hydrogen-bond acceptors (Lipinski definition) is 2. The van der Waals surface area contributed by atoms with Crippen LogP contribution in [0.3, 0.4) is 0 Å². The average Bonchev–Trinajstić information content (AvgIpc) is 2.48. The van der Waals surface area contributed by atoms with E-state index in [2.05, 4.69) is 5.32 Å². The van der Waals surface area contributed by atoms with E-state index in [-0.39, 0.29) is 18.9 Å². The van der Waals surface area contributed by atoms with Crippen molar-refractivity contribution in [1.82, 2.24) is 5.32 Å². The monoisotopic (exact) mass is 261 g/mol. The van der Waals surface area contributed by atoms with Crippen LogP contribution in [0.4, 0.5) is 0 Å². The normalized spacial score (nSPS) is 10.5. The Bertz CT molecular complexity index is 503. The van der Waals surface area contributed by atoms with Crippen LogP contribution >= 0.6 is 0 Å². The molecule has 1 N–H and O–H groups in total. The predicted molar refractivity (Wildman–Crippen MR) is 72.3 cm³/mol. The van der Waals surface area contributed by atoms with Gasteiger partial charge in [-0.15, -0.1) is 0 Å². The first kappa shape index (κ1) is 16.5. The van der Waals surface area contributed by atoms with Crippen LogP contribution in [0.25, 0.3) is 0 Å². The summed E-state index contributed by atoms with van der Waals surface area (Å²) < 4.78 is 0. The van der Waals surface area contributed by atoms with Gasteiger partial charge in [-0.25, -0.2) is 0 Å². The van der Waals surface area contributed by atoms with Gasteiger partial charge in [-0.1, -0.05) is 60.7 Å². The molecule has 2 rings (SSSR count). The Hall–Kier alpha value is -1.53. The molecule has 0 unspecified atom stereocenters. The summed E-state index contributed by atoms with van der Waals surface area (Å²) in [6.45, 7) is 2.23. The fraction of sp³-hybridized carbons (Fsp3) is 0.188. The minimum atomic E-state index is -1.90. The van der Waals surface area contributed by atoms with Crippen molar-refractivity contribution in [2.45, 2.75) is 12.5 Å². The number of hydrogen-bond donors (Lipinski definition) is 1. The van der Waals surface area contributed by atoms with Gasteiger partial charge in [-0.3, -0.25) is 4.79 Å². The van der Waals surface area contributed by atoms with Gasteiger partial charge in [0.2, 0.25) is 5.91 Å². The standard InChI is InChI=1S/C16H16NO2.Li/c1-2-17-15(18)16(19,13-9-5-3-6-10-13)14-11-7-4-8-12-14;/h3-12H,2H2,1H3,(H,17,18);/q-1;+1. The van der Waals surface area contributed by atoms with Gasteiger partial charge in [0.05, 0.1) is 0 Å². The second kappa shape index (κ2) is 7.30. The largest absolute Gasteiger partial charge is 1.00 e. The molecular formula is C16H16LiNO2. The Labute approximate surface area is 131 Å². The van der Waals surface area contributed by atoms with Crippen LogP contribution in [0.5, 0.6) is 0 Å². The molecule has 0 aliphatic heterocycles. The smallest absolute Gasteiger partial charge is 0.835 e. The maximum atomic E-state index is 13.2. The van der Waals surface area contributed by atoms with Gasteiger partial charge >= 0.3 is 18.9 Å². The Morgan fingerprint density at radius 2 is 1.40 bits per heavy atom. The van der Waals surface area contributed by atoms with E-state index in [0.717, 1.165) is 0 Å². The minimum absolute atomic E-state index is 0. The minimum Gasteiger partial charge on any atom is -0.835 e. The van der Waals surface area contributed by atoms with Crippen LogP contribution < -0.4 is 29.3 Å². The summed E-state index contributed by atoms with van der Waals surface area (Å²) in [6, 6.07) is 17.5. The van der Waals surface area contributed by atoms with Crippen molar-refractivity contribution < 1.29 is 28.8 Å². The van der Waals surface area contributed by atoms with Gasteiger partial charge < -0.3 is 10.4 Å². The molecular weight excluding hydrogens is 245 g/mol. The number of nitrogens with one attached hydrogen (secondary N) is 1. The van der Waals surface area contributed by atoms with Crippen molar-refractivity contribution in [2.24, 2.45) is 0 Å². The van der Waals surface area contributed by atoms with E-state index in [1.54, 1.807) is 55.5 Å². The van der Waals surface area contributed by atoms with Crippen LogP contribution in [0.1, 0.15) is 18.1 Å². The number of amides is 1. The molecule has 0 aliphatic rings. The van der Waals surface area contributed by atoms with E-state index in [9.17, 15) is 9.90 Å². The number of carbonyl (C=O) groups is 1. The maximum Gasteiger partial charge on any atom is 1.00 e. The van der Waals surface area contributed by atoms with Gasteiger partial charge in [0.25, 0.3) is 0 Å². The Morgan fingerprint density at radius 1 is 1.00 bits per heavy atom. The van der Waals surface area contributed by atoms with Gasteiger partial charge in [0.1, 0.15) is 0 Å². The van der Waals surface area contributed by atoms with E-state index < -0.39 is 11.5 Å². The molecule has 4 heteroatoms. The van der Waals surface area contributed by atoms with Gasteiger partial charge in [0, 0.05) is 12.1 Å². The molecule has 0 bridgehead atoms. The number of likely N-dealkylation sites (N-methyl/N-ethyl adjacent to an activating group) is 1. The predicted octanol–water partition coefficient (Wildman–Crippen LogP) is -1.57. The van der Waals surface area contributed by atoms with Crippen molar-refractivity contribution in [2.75, 3.05) is 6.54 Å². The number of carbonyl (C=O) groups excluding carboxylic acids is 1. The molecule has 2 aromatic rings. The fourth-order valence-electron chi connectivity index (χ4n) is 2.06. The van der Waals surface area contributed by atoms with Crippen LogP contribution in [0.15, 0.2) is 60.7 Å². The van der Waals surface area contributed by atoms with Gasteiger partial charge in [-0.2, -0.15) is 0 Å². The zero-order chi connectivity index (χ0) is 13.7. The molecule has 0 saturated heterocycles. The first-order valence-electron chi connectivity index (χ1n) is 6.29. The van der Waals surface area contributed by atoms with Crippen molar-refractivity contribution in [3.63, 3.8) is 0 Å². The molecule has 0 atom stereocenters. The summed E-state index contributed by atoms with van der Waals surface area (Å²) in [5, 5.41) is 15.8. The summed E-state index contributed by atoms with van der Waals surface area (Å²) in [7, 11) is 0. The summed E-state index contributed by atoms with van der Waals surface area (Å²) in [5.41, 5.74) is -1.00. The van der Waals surface area contributed by atoms with Crippen molar-refractivity contribution in [3.8, 4) is 0 Å². The number of rotatable bonds is 4. The molecule has 0 heterocycles. The topological polar surface area (TPSA) is 52.2 Å². The van der Waals surface area contributed by atoms with E-state index in [1.165, 1.54) is 0 Å². The Morgan fingerprint density at radius 3 is 1.75 bits per heavy atom. The van der Waals surface area contributed by atoms with E-state index in [0.29, 0.717) is 17.7 Å². The molecule has 2 aromatic carbocycles. The van der Waals surface area contributed by atoms with E-state index in [4.69, 9.17) is 0 Å². The third-order valence-electron chi connectivity index (χ3n) is 3.02.